The highest BCUT2D eigenvalue weighted by atomic mass is 16.4. The Hall–Kier alpha value is -5.56. The molecule has 262 valence electrons. The Balaban J connectivity index is 1.92. The van der Waals surface area contributed by atoms with Crippen LogP contribution in [0.3, 0.4) is 0 Å². The van der Waals surface area contributed by atoms with Crippen molar-refractivity contribution in [3.63, 3.8) is 0 Å². The van der Waals surface area contributed by atoms with Gasteiger partial charge in [-0.2, -0.15) is 0 Å². The molecule has 2 rings (SSSR count). The van der Waals surface area contributed by atoms with Crippen molar-refractivity contribution in [1.29, 1.82) is 0 Å². The van der Waals surface area contributed by atoms with Gasteiger partial charge in [0.25, 0.3) is 0 Å². The highest BCUT2D eigenvalue weighted by Gasteiger charge is 2.30. The third-order valence-electron chi connectivity index (χ3n) is 7.00. The number of fused-ring (bicyclic) bond motifs is 1. The van der Waals surface area contributed by atoms with Gasteiger partial charge in [0.05, 0.1) is 25.2 Å². The van der Waals surface area contributed by atoms with Gasteiger partial charge in [-0.05, 0) is 37.8 Å². The zero-order valence-corrected chi connectivity index (χ0v) is 26.1. The number of carbonyl (C=O) groups excluding carboxylic acids is 7. The van der Waals surface area contributed by atoms with E-state index in [4.69, 9.17) is 17.2 Å². The number of carbonyl (C=O) groups is 8. The zero-order valence-electron chi connectivity index (χ0n) is 26.1. The number of nitrogens with one attached hydrogen (secondary N) is 6. The van der Waals surface area contributed by atoms with E-state index in [1.54, 1.807) is 6.20 Å². The van der Waals surface area contributed by atoms with Crippen LogP contribution in [-0.4, -0.2) is 106 Å². The number of carboxylic acids is 1. The molecule has 5 atom stereocenters. The molecular weight excluding hydrogens is 634 g/mol. The topological polar surface area (TPSA) is 331 Å². The van der Waals surface area contributed by atoms with Crippen molar-refractivity contribution in [1.82, 2.24) is 31.6 Å². The summed E-state index contributed by atoms with van der Waals surface area (Å²) >= 11 is 0. The molecule has 0 fully saturated rings. The van der Waals surface area contributed by atoms with Gasteiger partial charge in [0.2, 0.25) is 41.4 Å². The van der Waals surface area contributed by atoms with E-state index in [1.807, 2.05) is 24.3 Å². The molecule has 19 nitrogen and oxygen atoms in total. The summed E-state index contributed by atoms with van der Waals surface area (Å²) in [6.07, 6.45) is -0.878. The van der Waals surface area contributed by atoms with Gasteiger partial charge in [-0.15, -0.1) is 0 Å². The SMILES string of the molecule is C[C@@H](O)[C@H](NC(=O)CNC(=O)[C@H](CCC(N)=O)NC(=O)CNC(=O)[C@@H](N)Cc1c[nH]c2ccccc12)C(=O)N[C@@H](CCC(N)=O)C(=O)O. The van der Waals surface area contributed by atoms with Gasteiger partial charge in [-0.1, -0.05) is 18.2 Å². The number of aliphatic hydroxyl groups excluding tert-OH is 1. The minimum Gasteiger partial charge on any atom is -0.480 e. The van der Waals surface area contributed by atoms with Crippen LogP contribution in [0.1, 0.15) is 38.2 Å². The fourth-order valence-electron chi connectivity index (χ4n) is 4.46. The molecule has 7 amide bonds. The number of benzene rings is 1. The second-order valence-corrected chi connectivity index (χ2v) is 10.9. The molecule has 0 aliphatic heterocycles. The van der Waals surface area contributed by atoms with Crippen LogP contribution in [0.4, 0.5) is 0 Å². The molecule has 0 saturated carbocycles. The second-order valence-electron chi connectivity index (χ2n) is 10.9. The molecule has 0 radical (unpaired) electrons. The number of aliphatic hydroxyl groups is 1. The number of carboxylic acid groups (broad SMARTS) is 1. The molecule has 0 unspecified atom stereocenters. The summed E-state index contributed by atoms with van der Waals surface area (Å²) in [5.41, 5.74) is 17.9. The maximum absolute atomic E-state index is 12.8. The average Bonchev–Trinajstić information content (AvgIpc) is 3.43. The van der Waals surface area contributed by atoms with Crippen LogP contribution in [0.2, 0.25) is 0 Å². The molecule has 1 aromatic heterocycles. The number of para-hydroxylation sites is 1. The fourth-order valence-corrected chi connectivity index (χ4v) is 4.46. The quantitative estimate of drug-likeness (QED) is 0.0638. The molecule has 48 heavy (non-hydrogen) atoms. The van der Waals surface area contributed by atoms with Crippen molar-refractivity contribution in [3.05, 3.63) is 36.0 Å². The van der Waals surface area contributed by atoms with Gasteiger partial charge in [-0.25, -0.2) is 4.79 Å². The summed E-state index contributed by atoms with van der Waals surface area (Å²) in [7, 11) is 0. The number of amides is 7. The lowest BCUT2D eigenvalue weighted by atomic mass is 10.1. The summed E-state index contributed by atoms with van der Waals surface area (Å²) in [5, 5.41) is 31.4. The Bertz CT molecular complexity index is 1510. The van der Waals surface area contributed by atoms with Crippen LogP contribution in [0.25, 0.3) is 10.9 Å². The van der Waals surface area contributed by atoms with Gasteiger partial charge in [0.15, 0.2) is 0 Å². The number of hydrogen-bond acceptors (Lipinski definition) is 10. The van der Waals surface area contributed by atoms with Crippen LogP contribution >= 0.6 is 0 Å². The molecule has 19 heteroatoms. The molecule has 2 aromatic rings. The first-order valence-corrected chi connectivity index (χ1v) is 14.8. The van der Waals surface area contributed by atoms with E-state index in [0.29, 0.717) is 0 Å². The monoisotopic (exact) mass is 675 g/mol. The Labute approximate surface area is 274 Å². The second kappa shape index (κ2) is 18.6. The van der Waals surface area contributed by atoms with Gasteiger partial charge in [0, 0.05) is 29.9 Å². The summed E-state index contributed by atoms with van der Waals surface area (Å²) in [6, 6.07) is 1.87. The summed E-state index contributed by atoms with van der Waals surface area (Å²) < 4.78 is 0. The van der Waals surface area contributed by atoms with Crippen LogP contribution in [0.5, 0.6) is 0 Å². The average molecular weight is 676 g/mol. The van der Waals surface area contributed by atoms with E-state index in [0.717, 1.165) is 23.4 Å². The molecule has 0 spiro atoms. The van der Waals surface area contributed by atoms with Crippen molar-refractivity contribution in [3.8, 4) is 0 Å². The summed E-state index contributed by atoms with van der Waals surface area (Å²) in [5.74, 6) is -7.50. The normalized spacial score (nSPS) is 14.0. The minimum atomic E-state index is -1.65. The van der Waals surface area contributed by atoms with Crippen LogP contribution < -0.4 is 43.8 Å². The number of primary amides is 2. The number of aromatic amines is 1. The van der Waals surface area contributed by atoms with Gasteiger partial charge in [0.1, 0.15) is 18.1 Å². The molecular formula is C29H41N9O10. The summed E-state index contributed by atoms with van der Waals surface area (Å²) in [4.78, 5) is 99.9. The van der Waals surface area contributed by atoms with Crippen molar-refractivity contribution < 1.29 is 48.6 Å². The minimum absolute atomic E-state index is 0.177. The maximum Gasteiger partial charge on any atom is 0.326 e. The van der Waals surface area contributed by atoms with E-state index in [9.17, 15) is 48.6 Å². The van der Waals surface area contributed by atoms with Gasteiger partial charge >= 0.3 is 5.97 Å². The number of aliphatic carboxylic acids is 1. The number of hydrogen-bond donors (Lipinski definition) is 11. The number of aromatic nitrogens is 1. The highest BCUT2D eigenvalue weighted by molar-refractivity contribution is 5.95. The number of rotatable bonds is 20. The van der Waals surface area contributed by atoms with E-state index in [-0.39, 0.29) is 32.1 Å². The first-order chi connectivity index (χ1) is 22.6. The van der Waals surface area contributed by atoms with Crippen molar-refractivity contribution in [2.45, 2.75) is 69.3 Å². The smallest absolute Gasteiger partial charge is 0.326 e. The Kier molecular flexibility index (Phi) is 14.9. The van der Waals surface area contributed by atoms with Crippen LogP contribution in [0, 0.1) is 0 Å². The van der Waals surface area contributed by atoms with Gasteiger partial charge < -0.3 is 59.0 Å². The Morgan fingerprint density at radius 3 is 1.94 bits per heavy atom. The zero-order chi connectivity index (χ0) is 36.0. The van der Waals surface area contributed by atoms with Crippen LogP contribution in [-0.2, 0) is 44.8 Å². The Morgan fingerprint density at radius 2 is 1.35 bits per heavy atom. The predicted molar refractivity (Wildman–Crippen MR) is 168 cm³/mol. The number of nitrogens with two attached hydrogens (primary N) is 3. The number of H-pyrrole nitrogens is 1. The largest absolute Gasteiger partial charge is 0.480 e. The predicted octanol–water partition coefficient (Wildman–Crippen LogP) is -4.28. The molecule has 1 aromatic carbocycles. The molecule has 1 heterocycles. The first-order valence-electron chi connectivity index (χ1n) is 14.8. The molecule has 0 aliphatic rings. The third kappa shape index (κ3) is 12.7. The standard InChI is InChI=1S/C29H41N9O10/c1-14(39)25(28(46)37-20(29(47)48)7-9-22(32)41)38-24(43)13-35-27(45)19(6-8-21(31)40)36-23(42)12-34-26(44)17(30)10-15-11-33-18-5-3-2-4-16(15)18/h2-5,11,14,17,19-20,25,33,39H,6-10,12-13,30H2,1H3,(H2,31,40)(H2,32,41)(H,34,44)(H,35,45)(H,36,42)(H,37,46)(H,38,43)(H,47,48)/t14-,17+,19+,20+,25+/m1/s1. The van der Waals surface area contributed by atoms with Crippen molar-refractivity contribution in [2.24, 2.45) is 17.2 Å². The maximum atomic E-state index is 12.8. The van der Waals surface area contributed by atoms with Crippen LogP contribution in [0.15, 0.2) is 30.5 Å². The van der Waals surface area contributed by atoms with E-state index >= 15 is 0 Å². The van der Waals surface area contributed by atoms with Crippen molar-refractivity contribution in [2.75, 3.05) is 13.1 Å². The molecule has 14 N–H and O–H groups in total. The molecule has 0 saturated heterocycles. The van der Waals surface area contributed by atoms with E-state index < -0.39 is 90.7 Å². The van der Waals surface area contributed by atoms with E-state index in [1.165, 1.54) is 0 Å². The molecule has 0 bridgehead atoms. The highest BCUT2D eigenvalue weighted by Crippen LogP contribution is 2.18. The van der Waals surface area contributed by atoms with Gasteiger partial charge in [-0.3, -0.25) is 33.6 Å². The lowest BCUT2D eigenvalue weighted by Gasteiger charge is -2.23. The van der Waals surface area contributed by atoms with E-state index in [2.05, 4.69) is 31.6 Å². The third-order valence-corrected chi connectivity index (χ3v) is 7.00. The lowest BCUT2D eigenvalue weighted by molar-refractivity contribution is -0.143. The molecule has 0 aliphatic carbocycles. The fraction of sp³-hybridized carbons (Fsp3) is 0.448. The lowest BCUT2D eigenvalue weighted by Crippen LogP contribution is -2.57. The Morgan fingerprint density at radius 1 is 0.792 bits per heavy atom. The summed E-state index contributed by atoms with van der Waals surface area (Å²) in [6.45, 7) is -0.184. The van der Waals surface area contributed by atoms with Crippen molar-refractivity contribution >= 4 is 58.2 Å². The first kappa shape index (κ1) is 38.6.